The Kier molecular flexibility index (Phi) is 6.80. The number of rotatable bonds is 8. The molecule has 2 N–H and O–H groups in total. The first-order chi connectivity index (χ1) is 10.1. The molecule has 6 heteroatoms. The van der Waals surface area contributed by atoms with Gasteiger partial charge in [-0.2, -0.15) is 0 Å². The predicted octanol–water partition coefficient (Wildman–Crippen LogP) is 1.70. The van der Waals surface area contributed by atoms with Gasteiger partial charge >= 0.3 is 5.97 Å². The third-order valence-corrected chi connectivity index (χ3v) is 2.71. The molecule has 1 amide bonds. The summed E-state index contributed by atoms with van der Waals surface area (Å²) in [6.07, 6.45) is 3.44. The lowest BCUT2D eigenvalue weighted by Crippen LogP contribution is -2.18. The molecule has 0 aliphatic heterocycles. The van der Waals surface area contributed by atoms with Crippen LogP contribution in [0.5, 0.6) is 11.5 Å². The number of carboxylic acid groups (broad SMARTS) is 1. The molecule has 1 rings (SSSR count). The summed E-state index contributed by atoms with van der Waals surface area (Å²) in [6, 6.07) is 5.12. The lowest BCUT2D eigenvalue weighted by atomic mass is 10.1. The maximum Gasteiger partial charge on any atom is 0.328 e. The summed E-state index contributed by atoms with van der Waals surface area (Å²) in [4.78, 5) is 21.7. The van der Waals surface area contributed by atoms with Crippen molar-refractivity contribution >= 4 is 18.0 Å². The van der Waals surface area contributed by atoms with E-state index < -0.39 is 5.97 Å². The molecule has 0 aliphatic carbocycles. The van der Waals surface area contributed by atoms with Gasteiger partial charge in [-0.15, -0.1) is 0 Å². The van der Waals surface area contributed by atoms with Crippen molar-refractivity contribution in [2.24, 2.45) is 0 Å². The average Bonchev–Trinajstić information content (AvgIpc) is 2.49. The van der Waals surface area contributed by atoms with Gasteiger partial charge in [-0.1, -0.05) is 0 Å². The summed E-state index contributed by atoms with van der Waals surface area (Å²) >= 11 is 0. The first-order valence-electron chi connectivity index (χ1n) is 6.49. The molecule has 0 aromatic heterocycles. The van der Waals surface area contributed by atoms with Crippen LogP contribution in [0, 0.1) is 0 Å². The number of hydrogen-bond acceptors (Lipinski definition) is 4. The van der Waals surface area contributed by atoms with E-state index in [0.717, 1.165) is 6.08 Å². The number of carbonyl (C=O) groups excluding carboxylic acids is 1. The largest absolute Gasteiger partial charge is 0.497 e. The minimum atomic E-state index is -1.03. The molecule has 21 heavy (non-hydrogen) atoms. The van der Waals surface area contributed by atoms with Crippen molar-refractivity contribution in [2.45, 2.75) is 12.8 Å². The second-order valence-corrected chi connectivity index (χ2v) is 4.20. The fraction of sp³-hybridized carbons (Fsp3) is 0.333. The SMILES string of the molecule is CNC(=O)CCCOc1cc(OC)ccc1C=CC(=O)O. The van der Waals surface area contributed by atoms with E-state index >= 15 is 0 Å². The highest BCUT2D eigenvalue weighted by Gasteiger charge is 2.05. The molecule has 0 fully saturated rings. The Morgan fingerprint density at radius 2 is 2.14 bits per heavy atom. The second-order valence-electron chi connectivity index (χ2n) is 4.20. The van der Waals surface area contributed by atoms with Crippen molar-refractivity contribution in [2.75, 3.05) is 20.8 Å². The molecular formula is C15H19NO5. The molecular weight excluding hydrogens is 274 g/mol. The van der Waals surface area contributed by atoms with E-state index in [9.17, 15) is 9.59 Å². The van der Waals surface area contributed by atoms with E-state index in [2.05, 4.69) is 5.32 Å². The molecule has 0 atom stereocenters. The number of ether oxygens (including phenoxy) is 2. The molecule has 0 bridgehead atoms. The van der Waals surface area contributed by atoms with Crippen molar-refractivity contribution in [1.82, 2.24) is 5.32 Å². The second kappa shape index (κ2) is 8.63. The van der Waals surface area contributed by atoms with Gasteiger partial charge < -0.3 is 19.9 Å². The Morgan fingerprint density at radius 1 is 1.38 bits per heavy atom. The van der Waals surface area contributed by atoms with E-state index in [0.29, 0.717) is 36.5 Å². The standard InChI is InChI=1S/C15H19NO5/c1-16-14(17)4-3-9-21-13-10-12(20-2)7-5-11(13)6-8-15(18)19/h5-8,10H,3-4,9H2,1-2H3,(H,16,17)(H,18,19). The highest BCUT2D eigenvalue weighted by atomic mass is 16.5. The maximum atomic E-state index is 11.1. The first-order valence-corrected chi connectivity index (χ1v) is 6.49. The predicted molar refractivity (Wildman–Crippen MR) is 78.5 cm³/mol. The Balaban J connectivity index is 2.72. The van der Waals surface area contributed by atoms with Gasteiger partial charge in [-0.25, -0.2) is 4.79 Å². The third-order valence-electron chi connectivity index (χ3n) is 2.71. The lowest BCUT2D eigenvalue weighted by molar-refractivity contribution is -0.131. The Bertz CT molecular complexity index is 525. The summed E-state index contributed by atoms with van der Waals surface area (Å²) in [5, 5.41) is 11.2. The van der Waals surface area contributed by atoms with Gasteiger partial charge in [0, 0.05) is 31.2 Å². The molecule has 0 saturated heterocycles. The van der Waals surface area contributed by atoms with Gasteiger partial charge in [-0.3, -0.25) is 4.79 Å². The van der Waals surface area contributed by atoms with E-state index in [4.69, 9.17) is 14.6 Å². The summed E-state index contributed by atoms with van der Waals surface area (Å²) in [5.74, 6) is 0.0548. The minimum absolute atomic E-state index is 0.0461. The zero-order chi connectivity index (χ0) is 15.7. The van der Waals surface area contributed by atoms with Crippen LogP contribution in [0.1, 0.15) is 18.4 Å². The summed E-state index contributed by atoms with van der Waals surface area (Å²) in [5.41, 5.74) is 0.637. The highest BCUT2D eigenvalue weighted by molar-refractivity contribution is 5.86. The normalized spacial score (nSPS) is 10.4. The van der Waals surface area contributed by atoms with Crippen LogP contribution in [0.4, 0.5) is 0 Å². The quantitative estimate of drug-likeness (QED) is 0.563. The van der Waals surface area contributed by atoms with E-state index in [-0.39, 0.29) is 5.91 Å². The number of carbonyl (C=O) groups is 2. The van der Waals surface area contributed by atoms with Crippen LogP contribution in [0.3, 0.4) is 0 Å². The van der Waals surface area contributed by atoms with Gasteiger partial charge in [0.2, 0.25) is 5.91 Å². The molecule has 0 heterocycles. The van der Waals surface area contributed by atoms with Crippen molar-refractivity contribution in [3.8, 4) is 11.5 Å². The zero-order valence-electron chi connectivity index (χ0n) is 12.1. The van der Waals surface area contributed by atoms with Crippen LogP contribution in [-0.2, 0) is 9.59 Å². The summed E-state index contributed by atoms with van der Waals surface area (Å²) in [7, 11) is 3.12. The van der Waals surface area contributed by atoms with Crippen LogP contribution in [0.2, 0.25) is 0 Å². The van der Waals surface area contributed by atoms with Crippen LogP contribution in [-0.4, -0.2) is 37.7 Å². The van der Waals surface area contributed by atoms with Gasteiger partial charge in [-0.05, 0) is 24.6 Å². The van der Waals surface area contributed by atoms with Crippen molar-refractivity contribution in [3.63, 3.8) is 0 Å². The summed E-state index contributed by atoms with van der Waals surface area (Å²) < 4.78 is 10.7. The molecule has 0 saturated carbocycles. The molecule has 114 valence electrons. The van der Waals surface area contributed by atoms with Crippen LogP contribution in [0.25, 0.3) is 6.08 Å². The van der Waals surface area contributed by atoms with E-state index in [1.54, 1.807) is 25.2 Å². The van der Waals surface area contributed by atoms with Gasteiger partial charge in [0.1, 0.15) is 11.5 Å². The number of nitrogens with one attached hydrogen (secondary N) is 1. The minimum Gasteiger partial charge on any atom is -0.497 e. The highest BCUT2D eigenvalue weighted by Crippen LogP contribution is 2.26. The smallest absolute Gasteiger partial charge is 0.328 e. The summed E-state index contributed by atoms with van der Waals surface area (Å²) in [6.45, 7) is 0.356. The molecule has 1 aromatic rings. The van der Waals surface area contributed by atoms with Gasteiger partial charge in [0.05, 0.1) is 13.7 Å². The number of carboxylic acids is 1. The molecule has 6 nitrogen and oxygen atoms in total. The Hall–Kier alpha value is -2.50. The monoisotopic (exact) mass is 293 g/mol. The molecule has 0 aliphatic rings. The number of methoxy groups -OCH3 is 1. The Labute approximate surface area is 123 Å². The number of benzene rings is 1. The zero-order valence-corrected chi connectivity index (χ0v) is 12.1. The number of hydrogen-bond donors (Lipinski definition) is 2. The lowest BCUT2D eigenvalue weighted by Gasteiger charge is -2.11. The van der Waals surface area contributed by atoms with Crippen molar-refractivity contribution < 1.29 is 24.2 Å². The van der Waals surface area contributed by atoms with Gasteiger partial charge in [0.15, 0.2) is 0 Å². The number of aliphatic carboxylic acids is 1. The maximum absolute atomic E-state index is 11.1. The van der Waals surface area contributed by atoms with E-state index in [1.807, 2.05) is 0 Å². The fourth-order valence-electron chi connectivity index (χ4n) is 1.61. The Morgan fingerprint density at radius 3 is 2.76 bits per heavy atom. The molecule has 0 unspecified atom stereocenters. The fourth-order valence-corrected chi connectivity index (χ4v) is 1.61. The average molecular weight is 293 g/mol. The molecule has 0 radical (unpaired) electrons. The van der Waals surface area contributed by atoms with E-state index in [1.165, 1.54) is 13.2 Å². The van der Waals surface area contributed by atoms with Crippen LogP contribution >= 0.6 is 0 Å². The topological polar surface area (TPSA) is 84.9 Å². The number of amides is 1. The molecule has 0 spiro atoms. The van der Waals surface area contributed by atoms with Crippen molar-refractivity contribution in [3.05, 3.63) is 29.8 Å². The van der Waals surface area contributed by atoms with Crippen LogP contribution in [0.15, 0.2) is 24.3 Å². The third kappa shape index (κ3) is 5.99. The molecule has 1 aromatic carbocycles. The van der Waals surface area contributed by atoms with Crippen LogP contribution < -0.4 is 14.8 Å². The first kappa shape index (κ1) is 16.6. The van der Waals surface area contributed by atoms with Crippen molar-refractivity contribution in [1.29, 1.82) is 0 Å². The van der Waals surface area contributed by atoms with Gasteiger partial charge in [0.25, 0.3) is 0 Å².